The van der Waals surface area contributed by atoms with E-state index in [2.05, 4.69) is 30.2 Å². The molecule has 2 rings (SSSR count). The monoisotopic (exact) mass is 256 g/mol. The summed E-state index contributed by atoms with van der Waals surface area (Å²) in [7, 11) is 1.71. The highest BCUT2D eigenvalue weighted by molar-refractivity contribution is 5.49. The van der Waals surface area contributed by atoms with Crippen molar-refractivity contribution in [2.45, 2.75) is 26.3 Å². The standard InChI is InChI=1S/C16H20N2O/c1-12-8-9-17-11-15(12)18-13(2)10-14-6-4-5-7-16(14)19-3/h4-9,11,13,18H,10H2,1-3H3. The lowest BCUT2D eigenvalue weighted by Gasteiger charge is -2.18. The van der Waals surface area contributed by atoms with E-state index in [9.17, 15) is 0 Å². The first-order chi connectivity index (χ1) is 9.20. The van der Waals surface area contributed by atoms with Crippen LogP contribution in [0, 0.1) is 6.92 Å². The van der Waals surface area contributed by atoms with Crippen LogP contribution in [0.1, 0.15) is 18.1 Å². The summed E-state index contributed by atoms with van der Waals surface area (Å²) in [4.78, 5) is 4.15. The van der Waals surface area contributed by atoms with Gasteiger partial charge in [-0.25, -0.2) is 0 Å². The minimum Gasteiger partial charge on any atom is -0.496 e. The molecule has 0 saturated heterocycles. The van der Waals surface area contributed by atoms with Crippen molar-refractivity contribution >= 4 is 5.69 Å². The number of aromatic nitrogens is 1. The van der Waals surface area contributed by atoms with Crippen molar-refractivity contribution in [1.29, 1.82) is 0 Å². The van der Waals surface area contributed by atoms with Crippen LogP contribution in [0.15, 0.2) is 42.7 Å². The zero-order valence-corrected chi connectivity index (χ0v) is 11.7. The lowest BCUT2D eigenvalue weighted by atomic mass is 10.1. The average Bonchev–Trinajstić information content (AvgIpc) is 2.42. The van der Waals surface area contributed by atoms with E-state index in [1.54, 1.807) is 7.11 Å². The Hall–Kier alpha value is -2.03. The molecule has 1 aromatic heterocycles. The molecule has 1 atom stereocenters. The third kappa shape index (κ3) is 3.47. The summed E-state index contributed by atoms with van der Waals surface area (Å²) in [6.45, 7) is 4.25. The van der Waals surface area contributed by atoms with Crippen molar-refractivity contribution in [1.82, 2.24) is 4.98 Å². The normalized spacial score (nSPS) is 11.9. The van der Waals surface area contributed by atoms with E-state index in [-0.39, 0.29) is 0 Å². The zero-order valence-electron chi connectivity index (χ0n) is 11.7. The molecule has 1 unspecified atom stereocenters. The van der Waals surface area contributed by atoms with E-state index in [1.807, 2.05) is 36.7 Å². The number of hydrogen-bond acceptors (Lipinski definition) is 3. The van der Waals surface area contributed by atoms with E-state index in [0.717, 1.165) is 17.9 Å². The van der Waals surface area contributed by atoms with Crippen molar-refractivity contribution < 1.29 is 4.74 Å². The molecule has 0 radical (unpaired) electrons. The fourth-order valence-corrected chi connectivity index (χ4v) is 2.13. The fourth-order valence-electron chi connectivity index (χ4n) is 2.13. The molecule has 0 spiro atoms. The molecule has 1 heterocycles. The fraction of sp³-hybridized carbons (Fsp3) is 0.312. The van der Waals surface area contributed by atoms with Crippen LogP contribution in [0.2, 0.25) is 0 Å². The van der Waals surface area contributed by atoms with Crippen molar-refractivity contribution in [2.75, 3.05) is 12.4 Å². The van der Waals surface area contributed by atoms with Crippen molar-refractivity contribution in [3.05, 3.63) is 53.9 Å². The molecule has 2 aromatic rings. The van der Waals surface area contributed by atoms with Gasteiger partial charge in [0.1, 0.15) is 5.75 Å². The molecule has 0 aliphatic carbocycles. The molecule has 19 heavy (non-hydrogen) atoms. The van der Waals surface area contributed by atoms with Crippen LogP contribution in [0.25, 0.3) is 0 Å². The average molecular weight is 256 g/mol. The number of para-hydroxylation sites is 1. The molecule has 0 aliphatic rings. The Kier molecular flexibility index (Phi) is 4.39. The van der Waals surface area contributed by atoms with Crippen LogP contribution in [-0.2, 0) is 6.42 Å². The predicted octanol–water partition coefficient (Wildman–Crippen LogP) is 3.44. The van der Waals surface area contributed by atoms with Gasteiger partial charge in [-0.3, -0.25) is 4.98 Å². The van der Waals surface area contributed by atoms with E-state index >= 15 is 0 Å². The third-order valence-electron chi connectivity index (χ3n) is 3.16. The molecule has 0 bridgehead atoms. The Balaban J connectivity index is 2.05. The van der Waals surface area contributed by atoms with Crippen molar-refractivity contribution in [3.63, 3.8) is 0 Å². The van der Waals surface area contributed by atoms with Gasteiger partial charge in [0.15, 0.2) is 0 Å². The molecule has 0 aliphatic heterocycles. The van der Waals surface area contributed by atoms with Gasteiger partial charge in [-0.15, -0.1) is 0 Å². The molecule has 100 valence electrons. The Bertz CT molecular complexity index is 540. The van der Waals surface area contributed by atoms with Gasteiger partial charge >= 0.3 is 0 Å². The number of pyridine rings is 1. The molecule has 0 fully saturated rings. The first-order valence-corrected chi connectivity index (χ1v) is 6.49. The Labute approximate surface area is 114 Å². The summed E-state index contributed by atoms with van der Waals surface area (Å²) in [6.07, 6.45) is 4.60. The molecule has 3 heteroatoms. The molecule has 1 aromatic carbocycles. The lowest BCUT2D eigenvalue weighted by molar-refractivity contribution is 0.409. The molecule has 0 saturated carbocycles. The second-order valence-electron chi connectivity index (χ2n) is 4.75. The highest BCUT2D eigenvalue weighted by Gasteiger charge is 2.08. The molecule has 0 amide bonds. The van der Waals surface area contributed by atoms with Crippen LogP contribution in [0.5, 0.6) is 5.75 Å². The number of ether oxygens (including phenoxy) is 1. The minimum absolute atomic E-state index is 0.319. The summed E-state index contributed by atoms with van der Waals surface area (Å²) in [5.74, 6) is 0.944. The summed E-state index contributed by atoms with van der Waals surface area (Å²) in [6, 6.07) is 10.5. The molecular weight excluding hydrogens is 236 g/mol. The number of hydrogen-bond donors (Lipinski definition) is 1. The number of benzene rings is 1. The quantitative estimate of drug-likeness (QED) is 0.889. The summed E-state index contributed by atoms with van der Waals surface area (Å²) in [5, 5.41) is 3.49. The second-order valence-corrected chi connectivity index (χ2v) is 4.75. The van der Waals surface area contributed by atoms with Gasteiger partial charge in [-0.05, 0) is 43.5 Å². The van der Waals surface area contributed by atoms with Crippen LogP contribution in [0.4, 0.5) is 5.69 Å². The number of nitrogens with zero attached hydrogens (tertiary/aromatic N) is 1. The van der Waals surface area contributed by atoms with Crippen LogP contribution < -0.4 is 10.1 Å². The van der Waals surface area contributed by atoms with E-state index in [0.29, 0.717) is 6.04 Å². The van der Waals surface area contributed by atoms with Gasteiger partial charge in [-0.2, -0.15) is 0 Å². The lowest BCUT2D eigenvalue weighted by Crippen LogP contribution is -2.19. The van der Waals surface area contributed by atoms with Gasteiger partial charge in [0.05, 0.1) is 19.0 Å². The number of rotatable bonds is 5. The van der Waals surface area contributed by atoms with Gasteiger partial charge in [0.2, 0.25) is 0 Å². The molecule has 1 N–H and O–H groups in total. The largest absolute Gasteiger partial charge is 0.496 e. The van der Waals surface area contributed by atoms with E-state index < -0.39 is 0 Å². The minimum atomic E-state index is 0.319. The first kappa shape index (κ1) is 13.4. The van der Waals surface area contributed by atoms with E-state index in [1.165, 1.54) is 11.1 Å². The van der Waals surface area contributed by atoms with Crippen LogP contribution in [-0.4, -0.2) is 18.1 Å². The Morgan fingerprint density at radius 1 is 1.26 bits per heavy atom. The highest BCUT2D eigenvalue weighted by atomic mass is 16.5. The smallest absolute Gasteiger partial charge is 0.122 e. The maximum Gasteiger partial charge on any atom is 0.122 e. The summed E-state index contributed by atoms with van der Waals surface area (Å²) >= 11 is 0. The topological polar surface area (TPSA) is 34.1 Å². The zero-order chi connectivity index (χ0) is 13.7. The maximum atomic E-state index is 5.38. The summed E-state index contributed by atoms with van der Waals surface area (Å²) in [5.41, 5.74) is 3.51. The second kappa shape index (κ2) is 6.23. The maximum absolute atomic E-state index is 5.38. The number of nitrogens with one attached hydrogen (secondary N) is 1. The molecule has 3 nitrogen and oxygen atoms in total. The summed E-state index contributed by atoms with van der Waals surface area (Å²) < 4.78 is 5.38. The third-order valence-corrected chi connectivity index (χ3v) is 3.16. The van der Waals surface area contributed by atoms with E-state index in [4.69, 9.17) is 4.74 Å². The van der Waals surface area contributed by atoms with Crippen molar-refractivity contribution in [2.24, 2.45) is 0 Å². The number of anilines is 1. The SMILES string of the molecule is COc1ccccc1CC(C)Nc1cnccc1C. The van der Waals surface area contributed by atoms with Gasteiger partial charge in [0.25, 0.3) is 0 Å². The Morgan fingerprint density at radius 3 is 2.79 bits per heavy atom. The van der Waals surface area contributed by atoms with Crippen LogP contribution in [0.3, 0.4) is 0 Å². The number of methoxy groups -OCH3 is 1. The van der Waals surface area contributed by atoms with Gasteiger partial charge in [-0.1, -0.05) is 18.2 Å². The highest BCUT2D eigenvalue weighted by Crippen LogP contribution is 2.21. The predicted molar refractivity (Wildman–Crippen MR) is 78.8 cm³/mol. The molecular formula is C16H20N2O. The first-order valence-electron chi connectivity index (χ1n) is 6.49. The van der Waals surface area contributed by atoms with Crippen LogP contribution >= 0.6 is 0 Å². The van der Waals surface area contributed by atoms with Gasteiger partial charge < -0.3 is 10.1 Å². The Morgan fingerprint density at radius 2 is 2.05 bits per heavy atom. The van der Waals surface area contributed by atoms with Crippen molar-refractivity contribution in [3.8, 4) is 5.75 Å². The van der Waals surface area contributed by atoms with Gasteiger partial charge in [0, 0.05) is 12.2 Å². The number of aryl methyl sites for hydroxylation is 1.